The third-order valence-corrected chi connectivity index (χ3v) is 4.96. The molecule has 2 unspecified atom stereocenters. The maximum absolute atomic E-state index is 10.6. The fourth-order valence-electron chi connectivity index (χ4n) is 3.53. The van der Waals surface area contributed by atoms with Gasteiger partial charge in [0.15, 0.2) is 0 Å². The van der Waals surface area contributed by atoms with Gasteiger partial charge in [-0.05, 0) is 36.1 Å². The maximum Gasteiger partial charge on any atom is 0.490 e. The first kappa shape index (κ1) is 18.3. The molecule has 1 aromatic carbocycles. The minimum atomic E-state index is -5.08. The van der Waals surface area contributed by atoms with Gasteiger partial charge < -0.3 is 20.1 Å². The van der Waals surface area contributed by atoms with Gasteiger partial charge in [0.25, 0.3) is 0 Å². The van der Waals surface area contributed by atoms with Gasteiger partial charge in [0.05, 0.1) is 36.0 Å². The van der Waals surface area contributed by atoms with E-state index in [0.717, 1.165) is 31.3 Å². The Kier molecular flexibility index (Phi) is 5.13. The molecule has 3 aliphatic rings. The number of alkyl halides is 3. The van der Waals surface area contributed by atoms with Crippen molar-refractivity contribution in [2.75, 3.05) is 18.1 Å². The number of hydrogen-bond donors (Lipinski definition) is 2. The number of carbonyl (C=O) groups is 1. The summed E-state index contributed by atoms with van der Waals surface area (Å²) in [7, 11) is 0. The van der Waals surface area contributed by atoms with Crippen molar-refractivity contribution in [3.8, 4) is 0 Å². The number of rotatable bonds is 1. The summed E-state index contributed by atoms with van der Waals surface area (Å²) >= 11 is 6.49. The molecule has 0 amide bonds. The number of aliphatic carboxylic acids is 1. The number of morpholine rings is 1. The van der Waals surface area contributed by atoms with Crippen LogP contribution in [0, 0.1) is 0 Å². The Hall–Kier alpha value is -1.51. The standard InChI is InChI=1S/C14H17ClN2O.C2HF3O2/c15-13-3-9-5-16-6-10(9)4-14(13)17-11-1-2-12(17)8-18-7-11;3-2(4,5)1(6)7/h3-4,11-12,16H,1-2,5-8H2;(H,6,7). The van der Waals surface area contributed by atoms with E-state index in [-0.39, 0.29) is 0 Å². The summed E-state index contributed by atoms with van der Waals surface area (Å²) in [6.45, 7) is 3.62. The van der Waals surface area contributed by atoms with Crippen LogP contribution in [0.2, 0.25) is 5.02 Å². The molecular weight excluding hydrogens is 361 g/mol. The van der Waals surface area contributed by atoms with Gasteiger partial charge in [-0.2, -0.15) is 13.2 Å². The van der Waals surface area contributed by atoms with E-state index < -0.39 is 12.1 Å². The molecule has 1 aromatic rings. The lowest BCUT2D eigenvalue weighted by atomic mass is 10.1. The fourth-order valence-corrected chi connectivity index (χ4v) is 3.81. The number of carboxylic acid groups (broad SMARTS) is 1. The Bertz CT molecular complexity index is 653. The number of halogens is 4. The first-order valence-electron chi connectivity index (χ1n) is 7.95. The summed E-state index contributed by atoms with van der Waals surface area (Å²) in [4.78, 5) is 11.4. The van der Waals surface area contributed by atoms with Gasteiger partial charge in [0.2, 0.25) is 0 Å². The lowest BCUT2D eigenvalue weighted by Crippen LogP contribution is -2.46. The molecule has 2 saturated heterocycles. The van der Waals surface area contributed by atoms with Crippen molar-refractivity contribution in [1.29, 1.82) is 0 Å². The molecule has 4 rings (SSSR count). The first-order chi connectivity index (χ1) is 11.8. The van der Waals surface area contributed by atoms with Gasteiger partial charge in [-0.3, -0.25) is 0 Å². The minimum Gasteiger partial charge on any atom is -0.475 e. The van der Waals surface area contributed by atoms with Crippen molar-refractivity contribution in [1.82, 2.24) is 5.32 Å². The molecule has 9 heteroatoms. The summed E-state index contributed by atoms with van der Waals surface area (Å²) in [5.41, 5.74) is 3.97. The first-order valence-corrected chi connectivity index (χ1v) is 8.33. The van der Waals surface area contributed by atoms with Crippen molar-refractivity contribution in [2.24, 2.45) is 0 Å². The highest BCUT2D eigenvalue weighted by atomic mass is 35.5. The van der Waals surface area contributed by atoms with Gasteiger partial charge in [-0.1, -0.05) is 11.6 Å². The number of nitrogens with one attached hydrogen (secondary N) is 1. The molecule has 0 radical (unpaired) electrons. The molecule has 0 spiro atoms. The second-order valence-corrected chi connectivity index (χ2v) is 6.72. The van der Waals surface area contributed by atoms with E-state index >= 15 is 0 Å². The molecule has 0 aromatic heterocycles. The van der Waals surface area contributed by atoms with Crippen LogP contribution in [0.1, 0.15) is 24.0 Å². The SMILES string of the molecule is Clc1cc2c(cc1N1C3CCC1COC3)CNC2.O=C(O)C(F)(F)F. The molecule has 3 aliphatic heterocycles. The average molecular weight is 379 g/mol. The molecule has 0 saturated carbocycles. The van der Waals surface area contributed by atoms with Crippen molar-refractivity contribution in [3.63, 3.8) is 0 Å². The Balaban J connectivity index is 0.000000225. The zero-order chi connectivity index (χ0) is 18.2. The zero-order valence-electron chi connectivity index (χ0n) is 13.3. The number of ether oxygens (including phenoxy) is 1. The number of benzene rings is 1. The molecule has 2 atom stereocenters. The van der Waals surface area contributed by atoms with Gasteiger partial charge in [0.1, 0.15) is 0 Å². The van der Waals surface area contributed by atoms with Crippen molar-refractivity contribution in [2.45, 2.75) is 44.2 Å². The van der Waals surface area contributed by atoms with E-state index in [9.17, 15) is 13.2 Å². The Labute approximate surface area is 147 Å². The predicted molar refractivity (Wildman–Crippen MR) is 85.8 cm³/mol. The van der Waals surface area contributed by atoms with E-state index in [2.05, 4.69) is 22.3 Å². The van der Waals surface area contributed by atoms with E-state index in [1.54, 1.807) is 0 Å². The molecule has 138 valence electrons. The van der Waals surface area contributed by atoms with Crippen molar-refractivity contribution < 1.29 is 27.8 Å². The smallest absolute Gasteiger partial charge is 0.475 e. The predicted octanol–water partition coefficient (Wildman–Crippen LogP) is 2.94. The third-order valence-electron chi connectivity index (χ3n) is 4.66. The largest absolute Gasteiger partial charge is 0.490 e. The molecule has 2 bridgehead atoms. The van der Waals surface area contributed by atoms with Crippen LogP contribution in [-0.2, 0) is 22.6 Å². The van der Waals surface area contributed by atoms with Crippen LogP contribution in [-0.4, -0.2) is 42.5 Å². The van der Waals surface area contributed by atoms with E-state index in [4.69, 9.17) is 26.2 Å². The summed E-state index contributed by atoms with van der Waals surface area (Å²) in [6.07, 6.45) is -2.62. The van der Waals surface area contributed by atoms with Crippen LogP contribution in [0.5, 0.6) is 0 Å². The highest BCUT2D eigenvalue weighted by Crippen LogP contribution is 2.39. The summed E-state index contributed by atoms with van der Waals surface area (Å²) < 4.78 is 37.4. The minimum absolute atomic E-state index is 0.522. The van der Waals surface area contributed by atoms with Crippen LogP contribution in [0.4, 0.5) is 18.9 Å². The third kappa shape index (κ3) is 3.86. The van der Waals surface area contributed by atoms with Crippen LogP contribution < -0.4 is 10.2 Å². The lowest BCUT2D eigenvalue weighted by molar-refractivity contribution is -0.192. The average Bonchev–Trinajstić information content (AvgIpc) is 3.07. The Morgan fingerprint density at radius 1 is 1.20 bits per heavy atom. The molecular formula is C16H18ClF3N2O3. The van der Waals surface area contributed by atoms with Crippen molar-refractivity contribution in [3.05, 3.63) is 28.3 Å². The molecule has 2 N–H and O–H groups in total. The summed E-state index contributed by atoms with van der Waals surface area (Å²) in [5.74, 6) is -2.76. The highest BCUT2D eigenvalue weighted by Gasteiger charge is 2.39. The summed E-state index contributed by atoms with van der Waals surface area (Å²) in [6, 6.07) is 5.47. The quantitative estimate of drug-likeness (QED) is 0.786. The van der Waals surface area contributed by atoms with E-state index in [1.807, 2.05) is 0 Å². The van der Waals surface area contributed by atoms with Crippen molar-refractivity contribution >= 4 is 23.3 Å². The van der Waals surface area contributed by atoms with E-state index in [1.165, 1.54) is 29.7 Å². The van der Waals surface area contributed by atoms with Gasteiger partial charge in [-0.15, -0.1) is 0 Å². The number of fused-ring (bicyclic) bond motifs is 3. The zero-order valence-corrected chi connectivity index (χ0v) is 14.0. The van der Waals surface area contributed by atoms with E-state index in [0.29, 0.717) is 12.1 Å². The molecule has 5 nitrogen and oxygen atoms in total. The number of anilines is 1. The second kappa shape index (κ2) is 7.01. The number of carboxylic acids is 1. The Morgan fingerprint density at radius 2 is 1.72 bits per heavy atom. The number of nitrogens with zero attached hydrogens (tertiary/aromatic N) is 1. The lowest BCUT2D eigenvalue weighted by Gasteiger charge is -2.37. The van der Waals surface area contributed by atoms with Crippen LogP contribution >= 0.6 is 11.6 Å². The monoisotopic (exact) mass is 378 g/mol. The maximum atomic E-state index is 10.6. The fraction of sp³-hybridized carbons (Fsp3) is 0.562. The topological polar surface area (TPSA) is 61.8 Å². The summed E-state index contributed by atoms with van der Waals surface area (Å²) in [5, 5.41) is 11.4. The second-order valence-electron chi connectivity index (χ2n) is 6.31. The van der Waals surface area contributed by atoms with Crippen LogP contribution in [0.25, 0.3) is 0 Å². The molecule has 25 heavy (non-hydrogen) atoms. The molecule has 2 fully saturated rings. The molecule has 3 heterocycles. The Morgan fingerprint density at radius 3 is 2.24 bits per heavy atom. The van der Waals surface area contributed by atoms with Gasteiger partial charge in [-0.25, -0.2) is 4.79 Å². The normalized spacial score (nSPS) is 24.6. The van der Waals surface area contributed by atoms with Crippen LogP contribution in [0.3, 0.4) is 0 Å². The number of hydrogen-bond acceptors (Lipinski definition) is 4. The van der Waals surface area contributed by atoms with Crippen LogP contribution in [0.15, 0.2) is 12.1 Å². The van der Waals surface area contributed by atoms with Gasteiger partial charge in [0, 0.05) is 13.1 Å². The van der Waals surface area contributed by atoms with Gasteiger partial charge >= 0.3 is 12.1 Å². The highest BCUT2D eigenvalue weighted by molar-refractivity contribution is 6.33. The molecule has 0 aliphatic carbocycles.